The summed E-state index contributed by atoms with van der Waals surface area (Å²) in [5.74, 6) is 0. The van der Waals surface area contributed by atoms with Crippen LogP contribution in [0, 0.1) is 0 Å². The van der Waals surface area contributed by atoms with Gasteiger partial charge in [-0.3, -0.25) is 0 Å². The van der Waals surface area contributed by atoms with Gasteiger partial charge < -0.3 is 5.32 Å². The molecule has 0 amide bonds. The van der Waals surface area contributed by atoms with Gasteiger partial charge in [-0.15, -0.1) is 6.58 Å². The van der Waals surface area contributed by atoms with Crippen molar-refractivity contribution < 1.29 is 0 Å². The predicted molar refractivity (Wildman–Crippen MR) is 53.4 cm³/mol. The van der Waals surface area contributed by atoms with Crippen LogP contribution in [-0.2, 0) is 0 Å². The summed E-state index contributed by atoms with van der Waals surface area (Å²) in [7, 11) is 0. The van der Waals surface area contributed by atoms with E-state index < -0.39 is 0 Å². The Kier molecular flexibility index (Phi) is 3.25. The first-order valence-electron chi connectivity index (χ1n) is 3.33. The predicted octanol–water partition coefficient (Wildman–Crippen LogP) is 1.45. The fourth-order valence-electron chi connectivity index (χ4n) is 0.652. The SMILES string of the molecule is C=CCNC(=S)n1cc(Cl)cn1. The van der Waals surface area contributed by atoms with Gasteiger partial charge in [-0.1, -0.05) is 17.7 Å². The van der Waals surface area contributed by atoms with E-state index in [4.69, 9.17) is 23.8 Å². The van der Waals surface area contributed by atoms with E-state index in [0.29, 0.717) is 16.7 Å². The summed E-state index contributed by atoms with van der Waals surface area (Å²) in [4.78, 5) is 0. The maximum absolute atomic E-state index is 5.65. The molecule has 0 aliphatic heterocycles. The fourth-order valence-corrected chi connectivity index (χ4v) is 0.972. The van der Waals surface area contributed by atoms with Crippen LogP contribution < -0.4 is 5.32 Å². The molecule has 0 saturated heterocycles. The van der Waals surface area contributed by atoms with Crippen LogP contribution in [0.1, 0.15) is 0 Å². The summed E-state index contributed by atoms with van der Waals surface area (Å²) in [6.07, 6.45) is 4.89. The Bertz CT molecular complexity index is 295. The summed E-state index contributed by atoms with van der Waals surface area (Å²) >= 11 is 10.6. The minimum absolute atomic E-state index is 0.516. The van der Waals surface area contributed by atoms with Gasteiger partial charge in [0.1, 0.15) is 0 Å². The molecular formula is C7H8ClN3S. The van der Waals surface area contributed by atoms with E-state index >= 15 is 0 Å². The van der Waals surface area contributed by atoms with Crippen molar-refractivity contribution in [1.29, 1.82) is 0 Å². The Morgan fingerprint density at radius 3 is 3.17 bits per heavy atom. The molecule has 0 atom stereocenters. The van der Waals surface area contributed by atoms with Gasteiger partial charge in [0.25, 0.3) is 0 Å². The summed E-state index contributed by atoms with van der Waals surface area (Å²) in [5.41, 5.74) is 0. The molecule has 1 rings (SSSR count). The second-order valence-electron chi connectivity index (χ2n) is 2.08. The summed E-state index contributed by atoms with van der Waals surface area (Å²) in [5, 5.41) is 7.92. The molecule has 1 aromatic heterocycles. The van der Waals surface area contributed by atoms with Gasteiger partial charge in [-0.2, -0.15) is 5.10 Å². The van der Waals surface area contributed by atoms with Crippen molar-refractivity contribution in [3.63, 3.8) is 0 Å². The van der Waals surface area contributed by atoms with Crippen LogP contribution in [0.4, 0.5) is 0 Å². The molecule has 0 aliphatic rings. The van der Waals surface area contributed by atoms with Crippen LogP contribution in [-0.4, -0.2) is 21.4 Å². The van der Waals surface area contributed by atoms with Crippen LogP contribution in [0.3, 0.4) is 0 Å². The summed E-state index contributed by atoms with van der Waals surface area (Å²) < 4.78 is 1.50. The van der Waals surface area contributed by atoms with E-state index in [1.165, 1.54) is 10.9 Å². The first kappa shape index (κ1) is 9.22. The van der Waals surface area contributed by atoms with Crippen molar-refractivity contribution >= 4 is 28.9 Å². The van der Waals surface area contributed by atoms with Gasteiger partial charge >= 0.3 is 0 Å². The normalized spacial score (nSPS) is 9.42. The smallest absolute Gasteiger partial charge is 0.194 e. The molecule has 0 aliphatic carbocycles. The number of halogens is 1. The maximum Gasteiger partial charge on any atom is 0.194 e. The second kappa shape index (κ2) is 4.23. The van der Waals surface area contributed by atoms with E-state index in [0.717, 1.165) is 0 Å². The first-order valence-corrected chi connectivity index (χ1v) is 4.12. The van der Waals surface area contributed by atoms with Gasteiger partial charge in [0.2, 0.25) is 0 Å². The van der Waals surface area contributed by atoms with E-state index in [1.54, 1.807) is 12.3 Å². The van der Waals surface area contributed by atoms with Gasteiger partial charge in [-0.05, 0) is 12.2 Å². The Balaban J connectivity index is 2.59. The molecule has 64 valence electrons. The third-order valence-corrected chi connectivity index (χ3v) is 1.68. The van der Waals surface area contributed by atoms with Gasteiger partial charge in [0.05, 0.1) is 17.4 Å². The van der Waals surface area contributed by atoms with Crippen molar-refractivity contribution in [2.24, 2.45) is 0 Å². The summed E-state index contributed by atoms with van der Waals surface area (Å²) in [6, 6.07) is 0. The quantitative estimate of drug-likeness (QED) is 0.580. The topological polar surface area (TPSA) is 29.9 Å². The highest BCUT2D eigenvalue weighted by atomic mass is 35.5. The molecule has 12 heavy (non-hydrogen) atoms. The number of thiocarbonyl (C=S) groups is 1. The lowest BCUT2D eigenvalue weighted by Gasteiger charge is -2.03. The van der Waals surface area contributed by atoms with Gasteiger partial charge in [-0.25, -0.2) is 4.68 Å². The molecule has 5 heteroatoms. The highest BCUT2D eigenvalue weighted by Gasteiger charge is 1.99. The minimum Gasteiger partial charge on any atom is -0.357 e. The summed E-state index contributed by atoms with van der Waals surface area (Å²) in [6.45, 7) is 4.17. The zero-order valence-corrected chi connectivity index (χ0v) is 7.90. The van der Waals surface area contributed by atoms with Crippen molar-refractivity contribution in [3.05, 3.63) is 30.1 Å². The van der Waals surface area contributed by atoms with E-state index in [9.17, 15) is 0 Å². The number of hydrogen-bond donors (Lipinski definition) is 1. The van der Waals surface area contributed by atoms with E-state index in [-0.39, 0.29) is 0 Å². The van der Waals surface area contributed by atoms with Crippen molar-refractivity contribution in [3.8, 4) is 0 Å². The van der Waals surface area contributed by atoms with Crippen molar-refractivity contribution in [1.82, 2.24) is 15.1 Å². The van der Waals surface area contributed by atoms with Crippen LogP contribution in [0.2, 0.25) is 5.02 Å². The van der Waals surface area contributed by atoms with Crippen LogP contribution in [0.15, 0.2) is 25.0 Å². The molecule has 0 spiro atoms. The van der Waals surface area contributed by atoms with Crippen LogP contribution in [0.25, 0.3) is 0 Å². The second-order valence-corrected chi connectivity index (χ2v) is 2.90. The molecule has 0 bridgehead atoms. The first-order chi connectivity index (χ1) is 5.74. The zero-order valence-electron chi connectivity index (χ0n) is 6.33. The molecule has 0 radical (unpaired) electrons. The van der Waals surface area contributed by atoms with Crippen LogP contribution in [0.5, 0.6) is 0 Å². The van der Waals surface area contributed by atoms with Crippen LogP contribution >= 0.6 is 23.8 Å². The molecule has 3 nitrogen and oxygen atoms in total. The Hall–Kier alpha value is -0.870. The minimum atomic E-state index is 0.516. The maximum atomic E-state index is 5.65. The Labute approximate surface area is 81.0 Å². The number of hydrogen-bond acceptors (Lipinski definition) is 2. The number of nitrogens with zero attached hydrogens (tertiary/aromatic N) is 2. The number of rotatable bonds is 2. The third-order valence-electron chi connectivity index (χ3n) is 1.16. The lowest BCUT2D eigenvalue weighted by atomic mass is 10.6. The average molecular weight is 202 g/mol. The molecule has 0 aromatic carbocycles. The monoisotopic (exact) mass is 201 g/mol. The average Bonchev–Trinajstić information content (AvgIpc) is 2.47. The molecular weight excluding hydrogens is 194 g/mol. The molecule has 1 heterocycles. The van der Waals surface area contributed by atoms with Gasteiger partial charge in [0.15, 0.2) is 5.11 Å². The standard InChI is InChI=1S/C7H8ClN3S/c1-2-3-9-7(12)11-5-6(8)4-10-11/h2,4-5H,1,3H2,(H,9,12). The zero-order chi connectivity index (χ0) is 8.97. The molecule has 0 saturated carbocycles. The molecule has 1 N–H and O–H groups in total. The highest BCUT2D eigenvalue weighted by molar-refractivity contribution is 7.80. The van der Waals surface area contributed by atoms with Crippen molar-refractivity contribution in [2.75, 3.05) is 6.54 Å². The lowest BCUT2D eigenvalue weighted by Crippen LogP contribution is -2.28. The highest BCUT2D eigenvalue weighted by Crippen LogP contribution is 2.03. The Morgan fingerprint density at radius 1 is 1.92 bits per heavy atom. The fraction of sp³-hybridized carbons (Fsp3) is 0.143. The van der Waals surface area contributed by atoms with Crippen molar-refractivity contribution in [2.45, 2.75) is 0 Å². The molecule has 1 aromatic rings. The Morgan fingerprint density at radius 2 is 2.67 bits per heavy atom. The number of aromatic nitrogens is 2. The number of nitrogens with one attached hydrogen (secondary N) is 1. The molecule has 0 unspecified atom stereocenters. The van der Waals surface area contributed by atoms with E-state index in [2.05, 4.69) is 17.0 Å². The largest absolute Gasteiger partial charge is 0.357 e. The third kappa shape index (κ3) is 2.32. The van der Waals surface area contributed by atoms with Gasteiger partial charge in [0, 0.05) is 6.54 Å². The molecule has 0 fully saturated rings. The van der Waals surface area contributed by atoms with E-state index in [1.807, 2.05) is 0 Å². The lowest BCUT2D eigenvalue weighted by molar-refractivity contribution is 0.882.